The molecule has 0 spiro atoms. The van der Waals surface area contributed by atoms with E-state index in [-0.39, 0.29) is 12.6 Å². The fourth-order valence-corrected chi connectivity index (χ4v) is 1.86. The zero-order valence-electron chi connectivity index (χ0n) is 11.4. The van der Waals surface area contributed by atoms with Crippen LogP contribution in [-0.4, -0.2) is 32.4 Å². The summed E-state index contributed by atoms with van der Waals surface area (Å²) < 4.78 is 1.82. The summed E-state index contributed by atoms with van der Waals surface area (Å²) >= 11 is 0. The fraction of sp³-hybridized carbons (Fsp3) is 0.538. The van der Waals surface area contributed by atoms with Gasteiger partial charge in [-0.2, -0.15) is 9.61 Å². The molecule has 0 aliphatic rings. The number of hydrogen-bond donors (Lipinski definition) is 2. The Morgan fingerprint density at radius 3 is 2.78 bits per heavy atom. The smallest absolute Gasteiger partial charge is 0.160 e. The van der Waals surface area contributed by atoms with Gasteiger partial charge in [0, 0.05) is 23.4 Å². The first-order chi connectivity index (χ1) is 8.56. The zero-order chi connectivity index (χ0) is 13.3. The van der Waals surface area contributed by atoms with Gasteiger partial charge < -0.3 is 10.4 Å². The average molecular weight is 248 g/mol. The topological polar surface area (TPSA) is 62.5 Å². The number of aliphatic hydroxyl groups excluding tert-OH is 1. The Morgan fingerprint density at radius 2 is 2.17 bits per heavy atom. The van der Waals surface area contributed by atoms with Crippen LogP contribution in [0.5, 0.6) is 0 Å². The molecule has 0 aliphatic heterocycles. The SMILES string of the molecule is CCc1cc(N[C@H](C)CO)n2nc(C)c(C)c2n1. The molecule has 0 bridgehead atoms. The third kappa shape index (κ3) is 2.18. The van der Waals surface area contributed by atoms with E-state index >= 15 is 0 Å². The lowest BCUT2D eigenvalue weighted by Crippen LogP contribution is -2.21. The molecule has 0 aromatic carbocycles. The molecule has 0 amide bonds. The Hall–Kier alpha value is -1.62. The lowest BCUT2D eigenvalue weighted by molar-refractivity contribution is 0.281. The van der Waals surface area contributed by atoms with Crippen molar-refractivity contribution < 1.29 is 5.11 Å². The summed E-state index contributed by atoms with van der Waals surface area (Å²) in [6, 6.07) is 1.98. The molecule has 18 heavy (non-hydrogen) atoms. The largest absolute Gasteiger partial charge is 0.394 e. The van der Waals surface area contributed by atoms with Gasteiger partial charge in [-0.05, 0) is 27.2 Å². The molecular formula is C13H20N4O. The first kappa shape index (κ1) is 12.8. The molecule has 5 nitrogen and oxygen atoms in total. The summed E-state index contributed by atoms with van der Waals surface area (Å²) in [6.07, 6.45) is 0.877. The number of nitrogens with zero attached hydrogens (tertiary/aromatic N) is 3. The standard InChI is InChI=1S/C13H20N4O/c1-5-11-6-12(14-8(2)7-18)17-13(15-11)9(3)10(4)16-17/h6,8,14,18H,5,7H2,1-4H3/t8-/m1/s1. The molecule has 0 aliphatic carbocycles. The van der Waals surface area contributed by atoms with E-state index in [0.717, 1.165) is 34.8 Å². The van der Waals surface area contributed by atoms with Gasteiger partial charge in [0.05, 0.1) is 12.3 Å². The number of aromatic nitrogens is 3. The Morgan fingerprint density at radius 1 is 1.44 bits per heavy atom. The number of aryl methyl sites for hydroxylation is 3. The van der Waals surface area contributed by atoms with Crippen LogP contribution in [0.2, 0.25) is 0 Å². The maximum Gasteiger partial charge on any atom is 0.160 e. The molecule has 0 fully saturated rings. The summed E-state index contributed by atoms with van der Waals surface area (Å²) in [7, 11) is 0. The highest BCUT2D eigenvalue weighted by atomic mass is 16.3. The molecule has 1 atom stereocenters. The van der Waals surface area contributed by atoms with Gasteiger partial charge in [-0.15, -0.1) is 0 Å². The molecule has 2 aromatic rings. The number of aliphatic hydroxyl groups is 1. The molecule has 2 rings (SSSR count). The third-order valence-electron chi connectivity index (χ3n) is 3.14. The van der Waals surface area contributed by atoms with Crippen molar-refractivity contribution >= 4 is 11.5 Å². The van der Waals surface area contributed by atoms with E-state index in [1.165, 1.54) is 0 Å². The Balaban J connectivity index is 2.58. The molecule has 2 aromatic heterocycles. The summed E-state index contributed by atoms with van der Waals surface area (Å²) in [4.78, 5) is 4.61. The maximum absolute atomic E-state index is 9.15. The summed E-state index contributed by atoms with van der Waals surface area (Å²) in [5.41, 5.74) is 4.00. The van der Waals surface area contributed by atoms with Crippen molar-refractivity contribution in [1.82, 2.24) is 14.6 Å². The second-order valence-corrected chi connectivity index (χ2v) is 4.66. The van der Waals surface area contributed by atoms with Gasteiger partial charge in [-0.3, -0.25) is 0 Å². The van der Waals surface area contributed by atoms with Crippen LogP contribution in [0, 0.1) is 13.8 Å². The quantitative estimate of drug-likeness (QED) is 0.864. The molecular weight excluding hydrogens is 228 g/mol. The Kier molecular flexibility index (Phi) is 3.52. The maximum atomic E-state index is 9.15. The summed E-state index contributed by atoms with van der Waals surface area (Å²) in [5, 5.41) is 16.9. The number of hydrogen-bond acceptors (Lipinski definition) is 4. The summed E-state index contributed by atoms with van der Waals surface area (Å²) in [5.74, 6) is 0.884. The lowest BCUT2D eigenvalue weighted by atomic mass is 10.2. The minimum atomic E-state index is -0.00915. The lowest BCUT2D eigenvalue weighted by Gasteiger charge is -2.14. The van der Waals surface area contributed by atoms with E-state index in [4.69, 9.17) is 5.11 Å². The van der Waals surface area contributed by atoms with Crippen molar-refractivity contribution in [3.05, 3.63) is 23.0 Å². The molecule has 2 N–H and O–H groups in total. The molecule has 0 radical (unpaired) electrons. The Bertz CT molecular complexity index is 562. The third-order valence-corrected chi connectivity index (χ3v) is 3.14. The van der Waals surface area contributed by atoms with Crippen molar-refractivity contribution in [3.63, 3.8) is 0 Å². The van der Waals surface area contributed by atoms with Crippen LogP contribution in [0.1, 0.15) is 30.8 Å². The van der Waals surface area contributed by atoms with Crippen LogP contribution in [0.4, 0.5) is 5.82 Å². The normalized spacial score (nSPS) is 12.9. The molecule has 0 saturated carbocycles. The van der Waals surface area contributed by atoms with E-state index in [2.05, 4.69) is 22.3 Å². The Labute approximate surface area is 107 Å². The van der Waals surface area contributed by atoms with Crippen LogP contribution in [-0.2, 0) is 6.42 Å². The van der Waals surface area contributed by atoms with Crippen LogP contribution in [0.15, 0.2) is 6.07 Å². The van der Waals surface area contributed by atoms with Gasteiger partial charge in [-0.1, -0.05) is 6.92 Å². The highest BCUT2D eigenvalue weighted by Crippen LogP contribution is 2.19. The van der Waals surface area contributed by atoms with E-state index in [0.29, 0.717) is 0 Å². The number of fused-ring (bicyclic) bond motifs is 1. The minimum absolute atomic E-state index is 0.00915. The van der Waals surface area contributed by atoms with Gasteiger partial charge in [-0.25, -0.2) is 4.98 Å². The molecule has 0 unspecified atom stereocenters. The fourth-order valence-electron chi connectivity index (χ4n) is 1.86. The first-order valence-electron chi connectivity index (χ1n) is 6.30. The second-order valence-electron chi connectivity index (χ2n) is 4.66. The first-order valence-corrected chi connectivity index (χ1v) is 6.30. The van der Waals surface area contributed by atoms with Gasteiger partial charge in [0.2, 0.25) is 0 Å². The van der Waals surface area contributed by atoms with Gasteiger partial charge in [0.1, 0.15) is 5.82 Å². The van der Waals surface area contributed by atoms with Crippen molar-refractivity contribution in [2.24, 2.45) is 0 Å². The van der Waals surface area contributed by atoms with Crippen LogP contribution in [0.25, 0.3) is 5.65 Å². The van der Waals surface area contributed by atoms with Crippen molar-refractivity contribution in [3.8, 4) is 0 Å². The van der Waals surface area contributed by atoms with Crippen molar-refractivity contribution in [1.29, 1.82) is 0 Å². The molecule has 0 saturated heterocycles. The minimum Gasteiger partial charge on any atom is -0.394 e. The monoisotopic (exact) mass is 248 g/mol. The molecule has 98 valence electrons. The number of rotatable bonds is 4. The average Bonchev–Trinajstić information content (AvgIpc) is 2.66. The summed E-state index contributed by atoms with van der Waals surface area (Å²) in [6.45, 7) is 8.11. The van der Waals surface area contributed by atoms with E-state index < -0.39 is 0 Å². The van der Waals surface area contributed by atoms with Crippen LogP contribution >= 0.6 is 0 Å². The predicted molar refractivity (Wildman–Crippen MR) is 72.0 cm³/mol. The van der Waals surface area contributed by atoms with Crippen molar-refractivity contribution in [2.75, 3.05) is 11.9 Å². The highest BCUT2D eigenvalue weighted by molar-refractivity contribution is 5.56. The predicted octanol–water partition coefficient (Wildman–Crippen LogP) is 1.70. The van der Waals surface area contributed by atoms with Gasteiger partial charge in [0.15, 0.2) is 5.65 Å². The van der Waals surface area contributed by atoms with E-state index in [1.54, 1.807) is 0 Å². The molecule has 5 heteroatoms. The second kappa shape index (κ2) is 4.94. The van der Waals surface area contributed by atoms with Crippen LogP contribution < -0.4 is 5.32 Å². The molecule has 2 heterocycles. The van der Waals surface area contributed by atoms with E-state index in [9.17, 15) is 0 Å². The van der Waals surface area contributed by atoms with Gasteiger partial charge >= 0.3 is 0 Å². The zero-order valence-corrected chi connectivity index (χ0v) is 11.4. The number of nitrogens with one attached hydrogen (secondary N) is 1. The van der Waals surface area contributed by atoms with Gasteiger partial charge in [0.25, 0.3) is 0 Å². The number of anilines is 1. The van der Waals surface area contributed by atoms with E-state index in [1.807, 2.05) is 31.4 Å². The van der Waals surface area contributed by atoms with Crippen LogP contribution in [0.3, 0.4) is 0 Å². The van der Waals surface area contributed by atoms with Crippen molar-refractivity contribution in [2.45, 2.75) is 40.2 Å². The highest BCUT2D eigenvalue weighted by Gasteiger charge is 2.12.